The third-order valence-electron chi connectivity index (χ3n) is 4.01. The van der Waals surface area contributed by atoms with Crippen molar-refractivity contribution >= 4 is 22.7 Å². The van der Waals surface area contributed by atoms with Gasteiger partial charge in [-0.3, -0.25) is 10.4 Å². The van der Waals surface area contributed by atoms with E-state index < -0.39 is 0 Å². The summed E-state index contributed by atoms with van der Waals surface area (Å²) in [5.74, 6) is 1.39. The maximum absolute atomic E-state index is 12.3. The molecule has 2 aromatic rings. The van der Waals surface area contributed by atoms with Gasteiger partial charge in [0, 0.05) is 41.7 Å². The second-order valence-corrected chi connectivity index (χ2v) is 6.36. The lowest BCUT2D eigenvalue weighted by atomic mass is 10.1. The highest BCUT2D eigenvalue weighted by atomic mass is 32.1. The molecule has 4 rings (SSSR count). The molecular formula is C13H16N6OS. The number of carbonyl (C=O) groups is 1. The summed E-state index contributed by atoms with van der Waals surface area (Å²) in [6, 6.07) is -0.111. The van der Waals surface area contributed by atoms with Gasteiger partial charge in [0.05, 0.1) is 12.2 Å². The third-order valence-corrected chi connectivity index (χ3v) is 4.66. The molecule has 2 aromatic heterocycles. The maximum atomic E-state index is 12.3. The summed E-state index contributed by atoms with van der Waals surface area (Å²) >= 11 is 1.26. The van der Waals surface area contributed by atoms with Crippen molar-refractivity contribution in [1.82, 2.24) is 24.5 Å². The number of hydrogen-bond donors (Lipinski definition) is 2. The molecule has 2 amide bonds. The Morgan fingerprint density at radius 2 is 2.33 bits per heavy atom. The Labute approximate surface area is 125 Å². The molecule has 0 saturated heterocycles. The molecule has 1 aliphatic heterocycles. The zero-order chi connectivity index (χ0) is 14.4. The van der Waals surface area contributed by atoms with Crippen molar-refractivity contribution in [2.24, 2.45) is 0 Å². The van der Waals surface area contributed by atoms with Gasteiger partial charge in [-0.25, -0.2) is 9.78 Å². The van der Waals surface area contributed by atoms with Crippen LogP contribution in [0.15, 0.2) is 0 Å². The Balaban J connectivity index is 1.44. The zero-order valence-electron chi connectivity index (χ0n) is 11.7. The number of rotatable bonds is 2. The van der Waals surface area contributed by atoms with Gasteiger partial charge in [-0.2, -0.15) is 9.47 Å². The fourth-order valence-electron chi connectivity index (χ4n) is 2.57. The number of H-pyrrole nitrogens is 1. The molecule has 1 aliphatic carbocycles. The van der Waals surface area contributed by atoms with Crippen molar-refractivity contribution in [3.8, 4) is 0 Å². The highest BCUT2D eigenvalue weighted by Crippen LogP contribution is 2.39. The van der Waals surface area contributed by atoms with E-state index in [1.807, 2.05) is 6.92 Å². The first-order chi connectivity index (χ1) is 10.2. The number of aromatic nitrogens is 4. The van der Waals surface area contributed by atoms with E-state index in [9.17, 15) is 4.79 Å². The van der Waals surface area contributed by atoms with Crippen LogP contribution in [0.2, 0.25) is 0 Å². The van der Waals surface area contributed by atoms with Crippen molar-refractivity contribution in [2.45, 2.75) is 38.6 Å². The van der Waals surface area contributed by atoms with Crippen LogP contribution in [0.1, 0.15) is 41.5 Å². The van der Waals surface area contributed by atoms with Crippen LogP contribution in [0.5, 0.6) is 0 Å². The first kappa shape index (κ1) is 12.8. The molecule has 2 N–H and O–H groups in total. The molecule has 110 valence electrons. The summed E-state index contributed by atoms with van der Waals surface area (Å²) in [4.78, 5) is 18.5. The third kappa shape index (κ3) is 2.39. The fourth-order valence-corrected chi connectivity index (χ4v) is 3.20. The number of anilines is 1. The maximum Gasteiger partial charge on any atom is 0.323 e. The largest absolute Gasteiger partial charge is 0.323 e. The van der Waals surface area contributed by atoms with Crippen molar-refractivity contribution in [2.75, 3.05) is 11.9 Å². The standard InChI is InChI=1S/C13H16N6OS/c1-7-9-6-19(5-4-10(9)17-16-7)13(20)15-12-14-11(18-21-12)8-2-3-8/h8H,2-6H2,1H3,(H,16,17)(H,14,15,18,20). The minimum Gasteiger partial charge on any atom is -0.320 e. The predicted molar refractivity (Wildman–Crippen MR) is 78.3 cm³/mol. The van der Waals surface area contributed by atoms with Gasteiger partial charge in [0.2, 0.25) is 5.13 Å². The molecule has 0 unspecified atom stereocenters. The molecule has 7 nitrogen and oxygen atoms in total. The first-order valence-electron chi connectivity index (χ1n) is 7.13. The van der Waals surface area contributed by atoms with Gasteiger partial charge >= 0.3 is 6.03 Å². The topological polar surface area (TPSA) is 86.8 Å². The van der Waals surface area contributed by atoms with Gasteiger partial charge in [-0.15, -0.1) is 0 Å². The van der Waals surface area contributed by atoms with Crippen molar-refractivity contribution < 1.29 is 4.79 Å². The number of hydrogen-bond acceptors (Lipinski definition) is 5. The highest BCUT2D eigenvalue weighted by Gasteiger charge is 2.29. The van der Waals surface area contributed by atoms with Gasteiger partial charge in [0.25, 0.3) is 0 Å². The van der Waals surface area contributed by atoms with Crippen molar-refractivity contribution in [3.05, 3.63) is 22.8 Å². The quantitative estimate of drug-likeness (QED) is 0.889. The summed E-state index contributed by atoms with van der Waals surface area (Å²) in [5.41, 5.74) is 3.24. The Bertz CT molecular complexity index is 689. The lowest BCUT2D eigenvalue weighted by Crippen LogP contribution is -2.38. The predicted octanol–water partition coefficient (Wildman–Crippen LogP) is 2.04. The highest BCUT2D eigenvalue weighted by molar-refractivity contribution is 7.09. The molecule has 21 heavy (non-hydrogen) atoms. The molecule has 1 fully saturated rings. The van der Waals surface area contributed by atoms with E-state index in [1.165, 1.54) is 24.4 Å². The van der Waals surface area contributed by atoms with E-state index in [-0.39, 0.29) is 6.03 Å². The Kier molecular flexibility index (Phi) is 2.91. The van der Waals surface area contributed by atoms with Crippen LogP contribution in [0.4, 0.5) is 9.93 Å². The zero-order valence-corrected chi connectivity index (χ0v) is 12.5. The second-order valence-electron chi connectivity index (χ2n) is 5.61. The molecule has 1 saturated carbocycles. The molecule has 3 heterocycles. The Morgan fingerprint density at radius 1 is 1.48 bits per heavy atom. The van der Waals surface area contributed by atoms with Crippen LogP contribution in [0.3, 0.4) is 0 Å². The molecule has 0 atom stereocenters. The number of aryl methyl sites for hydroxylation is 1. The number of carbonyl (C=O) groups excluding carboxylic acids is 1. The molecule has 0 radical (unpaired) electrons. The molecular weight excluding hydrogens is 288 g/mol. The van der Waals surface area contributed by atoms with Gasteiger partial charge in [-0.1, -0.05) is 0 Å². The molecule has 0 bridgehead atoms. The van der Waals surface area contributed by atoms with Crippen LogP contribution in [0, 0.1) is 6.92 Å². The van der Waals surface area contributed by atoms with E-state index in [2.05, 4.69) is 24.9 Å². The van der Waals surface area contributed by atoms with Crippen LogP contribution >= 0.6 is 11.5 Å². The van der Waals surface area contributed by atoms with E-state index in [0.717, 1.165) is 29.2 Å². The van der Waals surface area contributed by atoms with E-state index >= 15 is 0 Å². The molecule has 8 heteroatoms. The fraction of sp³-hybridized carbons (Fsp3) is 0.538. The number of amides is 2. The van der Waals surface area contributed by atoms with Gasteiger partial charge in [0.15, 0.2) is 0 Å². The number of nitrogens with zero attached hydrogens (tertiary/aromatic N) is 4. The lowest BCUT2D eigenvalue weighted by Gasteiger charge is -2.26. The Hall–Kier alpha value is -1.96. The molecule has 0 spiro atoms. The monoisotopic (exact) mass is 304 g/mol. The molecule has 2 aliphatic rings. The minimum absolute atomic E-state index is 0.111. The smallest absolute Gasteiger partial charge is 0.320 e. The summed E-state index contributed by atoms with van der Waals surface area (Å²) in [7, 11) is 0. The van der Waals surface area contributed by atoms with E-state index in [4.69, 9.17) is 0 Å². The van der Waals surface area contributed by atoms with Crippen LogP contribution < -0.4 is 5.32 Å². The SMILES string of the molecule is Cc1[nH]nc2c1CN(C(=O)Nc1nc(C3CC3)ns1)CC2. The minimum atomic E-state index is -0.111. The first-order valence-corrected chi connectivity index (χ1v) is 7.90. The summed E-state index contributed by atoms with van der Waals surface area (Å²) < 4.78 is 4.30. The van der Waals surface area contributed by atoms with E-state index in [1.54, 1.807) is 4.90 Å². The summed E-state index contributed by atoms with van der Waals surface area (Å²) in [6.07, 6.45) is 3.12. The van der Waals surface area contributed by atoms with E-state index in [0.29, 0.717) is 24.1 Å². The number of fused-ring (bicyclic) bond motifs is 1. The number of aromatic amines is 1. The van der Waals surface area contributed by atoms with Gasteiger partial charge in [0.1, 0.15) is 5.82 Å². The van der Waals surface area contributed by atoms with Crippen LogP contribution in [0.25, 0.3) is 0 Å². The summed E-state index contributed by atoms with van der Waals surface area (Å²) in [6.45, 7) is 3.26. The number of nitrogens with one attached hydrogen (secondary N) is 2. The normalized spacial score (nSPS) is 17.7. The van der Waals surface area contributed by atoms with Crippen molar-refractivity contribution in [1.29, 1.82) is 0 Å². The Morgan fingerprint density at radius 3 is 3.14 bits per heavy atom. The lowest BCUT2D eigenvalue weighted by molar-refractivity contribution is 0.206. The van der Waals surface area contributed by atoms with Crippen LogP contribution in [-0.2, 0) is 13.0 Å². The van der Waals surface area contributed by atoms with Crippen molar-refractivity contribution in [3.63, 3.8) is 0 Å². The molecule has 0 aromatic carbocycles. The second kappa shape index (κ2) is 4.80. The number of urea groups is 1. The van der Waals surface area contributed by atoms with Crippen LogP contribution in [-0.4, -0.2) is 37.0 Å². The van der Waals surface area contributed by atoms with Gasteiger partial charge in [-0.05, 0) is 19.8 Å². The van der Waals surface area contributed by atoms with Gasteiger partial charge < -0.3 is 4.90 Å². The summed E-state index contributed by atoms with van der Waals surface area (Å²) in [5, 5.41) is 10.7. The average molecular weight is 304 g/mol. The average Bonchev–Trinajstić information content (AvgIpc) is 3.14.